The van der Waals surface area contributed by atoms with Crippen LogP contribution in [0.25, 0.3) is 0 Å². The molecule has 3 aliphatic rings. The smallest absolute Gasteiger partial charge is 0.193 e. The molecule has 0 aromatic rings. The molecule has 0 aromatic heterocycles. The molecular formula is C15H27N3O. The van der Waals surface area contributed by atoms with Crippen LogP contribution in [0.2, 0.25) is 0 Å². The first-order valence-corrected chi connectivity index (χ1v) is 7.73. The monoisotopic (exact) mass is 265 g/mol. The topological polar surface area (TPSA) is 36.9 Å². The maximum Gasteiger partial charge on any atom is 0.193 e. The van der Waals surface area contributed by atoms with E-state index < -0.39 is 0 Å². The summed E-state index contributed by atoms with van der Waals surface area (Å²) in [7, 11) is 4.03. The summed E-state index contributed by atoms with van der Waals surface area (Å²) in [5.74, 6) is 2.73. The lowest BCUT2D eigenvalue weighted by atomic mass is 10.0. The lowest BCUT2D eigenvalue weighted by Gasteiger charge is -2.26. The molecule has 4 heteroatoms. The molecule has 0 spiro atoms. The standard InChI is InChI=1S/C15H27N3O/c1-16-14(18(2)9-12-5-8-19-10-12)17-11-15(6-7-15)13-3-4-13/h12-13H,3-11H2,1-2H3,(H,16,17). The van der Waals surface area contributed by atoms with Crippen LogP contribution >= 0.6 is 0 Å². The zero-order valence-electron chi connectivity index (χ0n) is 12.3. The van der Waals surface area contributed by atoms with Gasteiger partial charge in [-0.1, -0.05) is 0 Å². The maximum absolute atomic E-state index is 5.45. The molecular weight excluding hydrogens is 238 g/mol. The van der Waals surface area contributed by atoms with Gasteiger partial charge in [-0.05, 0) is 43.4 Å². The molecule has 1 aliphatic heterocycles. The minimum Gasteiger partial charge on any atom is -0.381 e. The van der Waals surface area contributed by atoms with Crippen molar-refractivity contribution in [2.24, 2.45) is 22.2 Å². The Morgan fingerprint density at radius 1 is 1.37 bits per heavy atom. The Bertz CT molecular complexity index is 341. The van der Waals surface area contributed by atoms with E-state index in [2.05, 4.69) is 22.3 Å². The van der Waals surface area contributed by atoms with Crippen LogP contribution in [0.4, 0.5) is 0 Å². The van der Waals surface area contributed by atoms with E-state index in [9.17, 15) is 0 Å². The van der Waals surface area contributed by atoms with Gasteiger partial charge in [-0.15, -0.1) is 0 Å². The first-order chi connectivity index (χ1) is 9.23. The van der Waals surface area contributed by atoms with Crippen molar-refractivity contribution in [1.29, 1.82) is 0 Å². The first kappa shape index (κ1) is 13.2. The molecule has 1 N–H and O–H groups in total. The van der Waals surface area contributed by atoms with Crippen LogP contribution in [-0.2, 0) is 4.74 Å². The number of hydrogen-bond acceptors (Lipinski definition) is 2. The van der Waals surface area contributed by atoms with Gasteiger partial charge in [0.25, 0.3) is 0 Å². The molecule has 1 atom stereocenters. The summed E-state index contributed by atoms with van der Waals surface area (Å²) in [5.41, 5.74) is 0.632. The van der Waals surface area contributed by atoms with Crippen LogP contribution in [0.15, 0.2) is 4.99 Å². The Balaban J connectivity index is 1.46. The minimum atomic E-state index is 0.632. The van der Waals surface area contributed by atoms with Crippen LogP contribution in [0.3, 0.4) is 0 Å². The second kappa shape index (κ2) is 5.31. The van der Waals surface area contributed by atoms with Crippen molar-refractivity contribution in [3.05, 3.63) is 0 Å². The van der Waals surface area contributed by atoms with E-state index in [-0.39, 0.29) is 0 Å². The van der Waals surface area contributed by atoms with Crippen LogP contribution in [0.1, 0.15) is 32.1 Å². The van der Waals surface area contributed by atoms with E-state index in [1.807, 2.05) is 7.05 Å². The van der Waals surface area contributed by atoms with Crippen molar-refractivity contribution in [2.75, 3.05) is 40.4 Å². The minimum absolute atomic E-state index is 0.632. The molecule has 1 saturated heterocycles. The molecule has 0 aromatic carbocycles. The average molecular weight is 265 g/mol. The molecule has 2 saturated carbocycles. The Kier molecular flexibility index (Phi) is 3.70. The fraction of sp³-hybridized carbons (Fsp3) is 0.933. The van der Waals surface area contributed by atoms with Gasteiger partial charge in [0.15, 0.2) is 5.96 Å². The van der Waals surface area contributed by atoms with E-state index in [4.69, 9.17) is 4.74 Å². The fourth-order valence-corrected chi connectivity index (χ4v) is 3.43. The van der Waals surface area contributed by atoms with Crippen molar-refractivity contribution < 1.29 is 4.74 Å². The second-order valence-electron chi connectivity index (χ2n) is 6.65. The van der Waals surface area contributed by atoms with E-state index in [0.29, 0.717) is 11.3 Å². The van der Waals surface area contributed by atoms with Crippen molar-refractivity contribution in [3.8, 4) is 0 Å². The molecule has 2 aliphatic carbocycles. The van der Waals surface area contributed by atoms with Gasteiger partial charge >= 0.3 is 0 Å². The summed E-state index contributed by atoms with van der Waals surface area (Å²) in [4.78, 5) is 6.70. The molecule has 4 nitrogen and oxygen atoms in total. The lowest BCUT2D eigenvalue weighted by molar-refractivity contribution is 0.181. The molecule has 3 fully saturated rings. The quantitative estimate of drug-likeness (QED) is 0.607. The van der Waals surface area contributed by atoms with Crippen molar-refractivity contribution in [2.45, 2.75) is 32.1 Å². The van der Waals surface area contributed by atoms with Crippen molar-refractivity contribution >= 4 is 5.96 Å². The highest BCUT2D eigenvalue weighted by Crippen LogP contribution is 2.60. The highest BCUT2D eigenvalue weighted by atomic mass is 16.5. The number of rotatable bonds is 5. The molecule has 108 valence electrons. The van der Waals surface area contributed by atoms with E-state index in [0.717, 1.165) is 38.2 Å². The highest BCUT2D eigenvalue weighted by Gasteiger charge is 2.53. The normalized spacial score (nSPS) is 29.4. The summed E-state index contributed by atoms with van der Waals surface area (Å²) in [6.07, 6.45) is 6.93. The van der Waals surface area contributed by atoms with Crippen LogP contribution in [0, 0.1) is 17.3 Å². The predicted molar refractivity (Wildman–Crippen MR) is 77.3 cm³/mol. The predicted octanol–water partition coefficient (Wildman–Crippen LogP) is 1.72. The summed E-state index contributed by atoms with van der Waals surface area (Å²) in [5, 5.41) is 3.60. The number of hydrogen-bond donors (Lipinski definition) is 1. The number of nitrogens with one attached hydrogen (secondary N) is 1. The third-order valence-electron chi connectivity index (χ3n) is 5.06. The van der Waals surface area contributed by atoms with Gasteiger partial charge in [0.1, 0.15) is 0 Å². The molecule has 3 rings (SSSR count). The maximum atomic E-state index is 5.45. The summed E-state index contributed by atoms with van der Waals surface area (Å²) >= 11 is 0. The van der Waals surface area contributed by atoms with Gasteiger partial charge < -0.3 is 15.0 Å². The van der Waals surface area contributed by atoms with Gasteiger partial charge in [0, 0.05) is 39.7 Å². The van der Waals surface area contributed by atoms with Gasteiger partial charge in [0.2, 0.25) is 0 Å². The number of ether oxygens (including phenoxy) is 1. The molecule has 1 heterocycles. The summed E-state index contributed by atoms with van der Waals surface area (Å²) in [6, 6.07) is 0. The molecule has 19 heavy (non-hydrogen) atoms. The van der Waals surface area contributed by atoms with Crippen LogP contribution in [-0.4, -0.2) is 51.3 Å². The number of guanidine groups is 1. The van der Waals surface area contributed by atoms with E-state index in [1.165, 1.54) is 32.1 Å². The summed E-state index contributed by atoms with van der Waals surface area (Å²) in [6.45, 7) is 4.01. The number of nitrogens with zero attached hydrogens (tertiary/aromatic N) is 2. The van der Waals surface area contributed by atoms with Crippen molar-refractivity contribution in [1.82, 2.24) is 10.2 Å². The van der Waals surface area contributed by atoms with Crippen LogP contribution < -0.4 is 5.32 Å². The molecule has 0 radical (unpaired) electrons. The van der Waals surface area contributed by atoms with Gasteiger partial charge in [-0.25, -0.2) is 0 Å². The van der Waals surface area contributed by atoms with Gasteiger partial charge in [-0.2, -0.15) is 0 Å². The van der Waals surface area contributed by atoms with E-state index >= 15 is 0 Å². The third-order valence-corrected chi connectivity index (χ3v) is 5.06. The zero-order chi connectivity index (χ0) is 13.3. The van der Waals surface area contributed by atoms with Crippen molar-refractivity contribution in [3.63, 3.8) is 0 Å². The van der Waals surface area contributed by atoms with Crippen LogP contribution in [0.5, 0.6) is 0 Å². The Labute approximate surface area is 116 Å². The summed E-state index contributed by atoms with van der Waals surface area (Å²) < 4.78 is 5.45. The second-order valence-corrected chi connectivity index (χ2v) is 6.65. The largest absolute Gasteiger partial charge is 0.381 e. The Morgan fingerprint density at radius 3 is 2.68 bits per heavy atom. The van der Waals surface area contributed by atoms with Gasteiger partial charge in [-0.3, -0.25) is 4.99 Å². The highest BCUT2D eigenvalue weighted by molar-refractivity contribution is 5.79. The first-order valence-electron chi connectivity index (χ1n) is 7.73. The van der Waals surface area contributed by atoms with Gasteiger partial charge in [0.05, 0.1) is 6.61 Å². The average Bonchev–Trinajstić information content (AvgIpc) is 3.30. The lowest BCUT2D eigenvalue weighted by Crippen LogP contribution is -2.43. The number of aliphatic imine (C=N–C) groups is 1. The fourth-order valence-electron chi connectivity index (χ4n) is 3.43. The van der Waals surface area contributed by atoms with E-state index in [1.54, 1.807) is 0 Å². The molecule has 0 bridgehead atoms. The Morgan fingerprint density at radius 2 is 2.16 bits per heavy atom. The zero-order valence-corrected chi connectivity index (χ0v) is 12.3. The third kappa shape index (κ3) is 3.04. The molecule has 1 unspecified atom stereocenters. The molecule has 0 amide bonds. The Hall–Kier alpha value is -0.770. The SMILES string of the molecule is CN=C(NCC1(C2CC2)CC1)N(C)CC1CCOC1.